The van der Waals surface area contributed by atoms with E-state index >= 15 is 0 Å². The summed E-state index contributed by atoms with van der Waals surface area (Å²) < 4.78 is 32.4. The molecule has 0 amide bonds. The number of benzene rings is 2. The Morgan fingerprint density at radius 3 is 1.64 bits per heavy atom. The van der Waals surface area contributed by atoms with Crippen molar-refractivity contribution in [3.8, 4) is 0 Å². The summed E-state index contributed by atoms with van der Waals surface area (Å²) in [5.74, 6) is 0. The Morgan fingerprint density at radius 2 is 1.27 bits per heavy atom. The molecule has 22 heavy (non-hydrogen) atoms. The number of nitrogens with zero attached hydrogens (tertiary/aromatic N) is 3. The number of hydrogen-bond acceptors (Lipinski definition) is 6. The molecule has 0 aliphatic heterocycles. The molecule has 0 aliphatic carbocycles. The van der Waals surface area contributed by atoms with Gasteiger partial charge in [0.25, 0.3) is 0 Å². The van der Waals surface area contributed by atoms with Crippen LogP contribution >= 0.6 is 0 Å². The Balaban J connectivity index is 0.00000242. The zero-order valence-corrected chi connectivity index (χ0v) is 15.4. The van der Waals surface area contributed by atoms with Crippen molar-refractivity contribution in [3.63, 3.8) is 0 Å². The van der Waals surface area contributed by atoms with E-state index in [9.17, 15) is 13.0 Å². The molecule has 0 aromatic heterocycles. The Bertz CT molecular complexity index is 742. The molecule has 0 fully saturated rings. The van der Waals surface area contributed by atoms with Crippen molar-refractivity contribution in [3.05, 3.63) is 48.5 Å². The van der Waals surface area contributed by atoms with Crippen molar-refractivity contribution >= 4 is 27.2 Å². The summed E-state index contributed by atoms with van der Waals surface area (Å²) in [5, 5.41) is 8.04. The molecular weight excluding hydrogens is 313 g/mol. The van der Waals surface area contributed by atoms with Crippen LogP contribution in [-0.2, 0) is 10.1 Å². The van der Waals surface area contributed by atoms with Gasteiger partial charge in [0, 0.05) is 19.8 Å². The molecule has 8 heteroatoms. The molecule has 2 aromatic rings. The zero-order valence-electron chi connectivity index (χ0n) is 12.6. The van der Waals surface area contributed by atoms with Crippen LogP contribution in [0.4, 0.5) is 17.1 Å². The van der Waals surface area contributed by atoms with Gasteiger partial charge in [0.2, 0.25) is 0 Å². The van der Waals surface area contributed by atoms with Gasteiger partial charge in [-0.2, -0.15) is 10.2 Å². The standard InChI is InChI=1S/C14H15N3O3S.Na/c1-17(2)13-7-3-11(4-8-13)15-16-12-5-9-14(10-6-12)21(18,19)20;/h3-10H,1-2H3,(H,18,19,20);/q;+1/p-1. The van der Waals surface area contributed by atoms with E-state index in [2.05, 4.69) is 10.2 Å². The Labute approximate surface area is 151 Å². The number of hydrogen-bond donors (Lipinski definition) is 0. The molecule has 0 spiro atoms. The minimum atomic E-state index is -4.43. The summed E-state index contributed by atoms with van der Waals surface area (Å²) in [4.78, 5) is 1.69. The monoisotopic (exact) mass is 327 g/mol. The fraction of sp³-hybridized carbons (Fsp3) is 0.143. The summed E-state index contributed by atoms with van der Waals surface area (Å²) >= 11 is 0. The normalized spacial score (nSPS) is 11.2. The molecule has 110 valence electrons. The van der Waals surface area contributed by atoms with E-state index in [1.807, 2.05) is 43.3 Å². The van der Waals surface area contributed by atoms with Crippen molar-refractivity contribution in [2.75, 3.05) is 19.0 Å². The maximum absolute atomic E-state index is 10.8. The average Bonchev–Trinajstić information content (AvgIpc) is 2.45. The van der Waals surface area contributed by atoms with Crippen LogP contribution in [0.2, 0.25) is 0 Å². The number of azo groups is 1. The van der Waals surface area contributed by atoms with Crippen LogP contribution in [0.25, 0.3) is 0 Å². The minimum absolute atomic E-state index is 0. The second-order valence-corrected chi connectivity index (χ2v) is 5.94. The van der Waals surface area contributed by atoms with E-state index in [4.69, 9.17) is 0 Å². The van der Waals surface area contributed by atoms with Crippen molar-refractivity contribution in [2.24, 2.45) is 10.2 Å². The second kappa shape index (κ2) is 7.85. The Morgan fingerprint density at radius 1 is 0.864 bits per heavy atom. The zero-order chi connectivity index (χ0) is 15.5. The van der Waals surface area contributed by atoms with Crippen LogP contribution in [0, 0.1) is 0 Å². The first-order valence-corrected chi connectivity index (χ1v) is 7.52. The van der Waals surface area contributed by atoms with Gasteiger partial charge in [-0.25, -0.2) is 8.42 Å². The predicted molar refractivity (Wildman–Crippen MR) is 79.4 cm³/mol. The summed E-state index contributed by atoms with van der Waals surface area (Å²) in [6, 6.07) is 12.8. The van der Waals surface area contributed by atoms with Gasteiger partial charge < -0.3 is 9.45 Å². The van der Waals surface area contributed by atoms with Crippen molar-refractivity contribution in [1.29, 1.82) is 0 Å². The molecule has 0 saturated carbocycles. The van der Waals surface area contributed by atoms with Gasteiger partial charge in [-0.15, -0.1) is 0 Å². The predicted octanol–water partition coefficient (Wildman–Crippen LogP) is 0.0761. The molecule has 0 radical (unpaired) electrons. The fourth-order valence-corrected chi connectivity index (χ4v) is 2.08. The first-order chi connectivity index (χ1) is 9.86. The molecule has 0 heterocycles. The Hall–Kier alpha value is -1.25. The largest absolute Gasteiger partial charge is 1.00 e. The van der Waals surface area contributed by atoms with Gasteiger partial charge in [-0.3, -0.25) is 0 Å². The van der Waals surface area contributed by atoms with Gasteiger partial charge in [0.05, 0.1) is 16.3 Å². The molecule has 0 N–H and O–H groups in total. The fourth-order valence-electron chi connectivity index (χ4n) is 1.61. The topological polar surface area (TPSA) is 85.2 Å². The molecule has 2 rings (SSSR count). The van der Waals surface area contributed by atoms with E-state index < -0.39 is 10.1 Å². The molecule has 0 saturated heterocycles. The summed E-state index contributed by atoms with van der Waals surface area (Å²) in [6.07, 6.45) is 0. The Kier molecular flexibility index (Phi) is 6.70. The maximum atomic E-state index is 10.8. The molecule has 2 aromatic carbocycles. The molecular formula is C14H14N3NaO3S. The van der Waals surface area contributed by atoms with Crippen molar-refractivity contribution in [1.82, 2.24) is 0 Å². The number of rotatable bonds is 4. The third-order valence-corrected chi connectivity index (χ3v) is 3.62. The third-order valence-electron chi connectivity index (χ3n) is 2.77. The van der Waals surface area contributed by atoms with E-state index in [0.29, 0.717) is 11.4 Å². The minimum Gasteiger partial charge on any atom is -0.744 e. The van der Waals surface area contributed by atoms with Gasteiger partial charge in [0.15, 0.2) is 0 Å². The maximum Gasteiger partial charge on any atom is 1.00 e. The van der Waals surface area contributed by atoms with Crippen molar-refractivity contribution in [2.45, 2.75) is 4.90 Å². The summed E-state index contributed by atoms with van der Waals surface area (Å²) in [7, 11) is -0.533. The van der Waals surface area contributed by atoms with Gasteiger partial charge >= 0.3 is 29.6 Å². The second-order valence-electron chi connectivity index (χ2n) is 4.56. The number of anilines is 1. The van der Waals surface area contributed by atoms with E-state index in [1.54, 1.807) is 0 Å². The summed E-state index contributed by atoms with van der Waals surface area (Å²) in [6.45, 7) is 0. The quantitative estimate of drug-likeness (QED) is 0.452. The first kappa shape index (κ1) is 18.8. The summed E-state index contributed by atoms with van der Waals surface area (Å²) in [5.41, 5.74) is 2.21. The molecule has 0 aliphatic rings. The van der Waals surface area contributed by atoms with Crippen LogP contribution in [0.3, 0.4) is 0 Å². The van der Waals surface area contributed by atoms with Gasteiger partial charge in [-0.05, 0) is 48.5 Å². The molecule has 0 unspecified atom stereocenters. The first-order valence-electron chi connectivity index (χ1n) is 6.11. The van der Waals surface area contributed by atoms with Crippen LogP contribution < -0.4 is 34.5 Å². The van der Waals surface area contributed by atoms with E-state index in [1.165, 1.54) is 24.3 Å². The van der Waals surface area contributed by atoms with Crippen LogP contribution in [0.5, 0.6) is 0 Å². The molecule has 6 nitrogen and oxygen atoms in total. The van der Waals surface area contributed by atoms with Crippen LogP contribution in [0.15, 0.2) is 63.7 Å². The molecule has 0 bridgehead atoms. The van der Waals surface area contributed by atoms with Gasteiger partial charge in [0.1, 0.15) is 10.1 Å². The smallest absolute Gasteiger partial charge is 0.744 e. The van der Waals surface area contributed by atoms with Gasteiger partial charge in [-0.1, -0.05) is 0 Å². The molecule has 0 atom stereocenters. The van der Waals surface area contributed by atoms with Crippen LogP contribution in [0.1, 0.15) is 0 Å². The SMILES string of the molecule is CN(C)c1ccc(N=Nc2ccc(S(=O)(=O)[O-])cc2)cc1.[Na+]. The average molecular weight is 327 g/mol. The van der Waals surface area contributed by atoms with Crippen LogP contribution in [-0.4, -0.2) is 27.1 Å². The van der Waals surface area contributed by atoms with E-state index in [-0.39, 0.29) is 34.5 Å². The van der Waals surface area contributed by atoms with Crippen molar-refractivity contribution < 1.29 is 42.5 Å². The third kappa shape index (κ3) is 5.19. The van der Waals surface area contributed by atoms with E-state index in [0.717, 1.165) is 5.69 Å².